The largest absolute Gasteiger partial charge is 0.374 e. The van der Waals surface area contributed by atoms with Crippen LogP contribution in [0.3, 0.4) is 0 Å². The molecule has 0 N–H and O–H groups in total. The van der Waals surface area contributed by atoms with E-state index in [2.05, 4.69) is 22.9 Å². The van der Waals surface area contributed by atoms with Gasteiger partial charge in [0.1, 0.15) is 0 Å². The van der Waals surface area contributed by atoms with Crippen molar-refractivity contribution in [1.82, 2.24) is 0 Å². The van der Waals surface area contributed by atoms with Gasteiger partial charge < -0.3 is 4.74 Å². The normalized spacial score (nSPS) is 19.7. The lowest BCUT2D eigenvalue weighted by molar-refractivity contribution is -0.0389. The average Bonchev–Trinajstić information content (AvgIpc) is 2.64. The SMILES string of the molecule is CCCCCCCCOC1(CBr)CCCCCC1. The zero-order chi connectivity index (χ0) is 13.1. The minimum absolute atomic E-state index is 0.167. The maximum Gasteiger partial charge on any atom is 0.0778 e. The molecule has 1 nitrogen and oxygen atoms in total. The number of alkyl halides is 1. The fourth-order valence-electron chi connectivity index (χ4n) is 2.86. The topological polar surface area (TPSA) is 9.23 Å². The number of halogens is 1. The van der Waals surface area contributed by atoms with Gasteiger partial charge in [-0.2, -0.15) is 0 Å². The summed E-state index contributed by atoms with van der Waals surface area (Å²) in [5.74, 6) is 0. The smallest absolute Gasteiger partial charge is 0.0778 e. The number of hydrogen-bond donors (Lipinski definition) is 0. The molecular weight excluding hydrogens is 288 g/mol. The summed E-state index contributed by atoms with van der Waals surface area (Å²) in [4.78, 5) is 0. The number of unbranched alkanes of at least 4 members (excludes halogenated alkanes) is 5. The molecule has 0 aromatic rings. The highest BCUT2D eigenvalue weighted by atomic mass is 79.9. The molecule has 1 aliphatic rings. The van der Waals surface area contributed by atoms with E-state index in [4.69, 9.17) is 4.74 Å². The Bertz CT molecular complexity index is 186. The molecule has 2 heteroatoms. The maximum atomic E-state index is 6.26. The molecule has 0 spiro atoms. The van der Waals surface area contributed by atoms with Gasteiger partial charge in [-0.25, -0.2) is 0 Å². The zero-order valence-corrected chi connectivity index (χ0v) is 13.8. The van der Waals surface area contributed by atoms with E-state index in [1.54, 1.807) is 0 Å². The van der Waals surface area contributed by atoms with Crippen molar-refractivity contribution in [2.75, 3.05) is 11.9 Å². The number of ether oxygens (including phenoxy) is 1. The Kier molecular flexibility index (Phi) is 9.40. The molecule has 1 fully saturated rings. The Morgan fingerprint density at radius 3 is 2.11 bits per heavy atom. The molecule has 108 valence electrons. The van der Waals surface area contributed by atoms with Crippen molar-refractivity contribution >= 4 is 15.9 Å². The first-order chi connectivity index (χ1) is 8.83. The molecule has 0 amide bonds. The van der Waals surface area contributed by atoms with Gasteiger partial charge in [0.25, 0.3) is 0 Å². The van der Waals surface area contributed by atoms with Crippen LogP contribution in [0.25, 0.3) is 0 Å². The molecular formula is C16H31BrO. The molecule has 0 bridgehead atoms. The maximum absolute atomic E-state index is 6.26. The Balaban J connectivity index is 2.10. The summed E-state index contributed by atoms with van der Waals surface area (Å²) < 4.78 is 6.26. The van der Waals surface area contributed by atoms with Crippen molar-refractivity contribution in [2.24, 2.45) is 0 Å². The predicted molar refractivity (Wildman–Crippen MR) is 83.6 cm³/mol. The first-order valence-electron chi connectivity index (χ1n) is 8.03. The molecule has 0 aromatic carbocycles. The van der Waals surface area contributed by atoms with Gasteiger partial charge in [-0.3, -0.25) is 0 Å². The van der Waals surface area contributed by atoms with Gasteiger partial charge in [0.05, 0.1) is 5.60 Å². The lowest BCUT2D eigenvalue weighted by atomic mass is 9.96. The zero-order valence-electron chi connectivity index (χ0n) is 12.2. The second kappa shape index (κ2) is 10.3. The summed E-state index contributed by atoms with van der Waals surface area (Å²) in [6.45, 7) is 3.24. The standard InChI is InChI=1S/C16H31BrO/c1-2-3-4-5-8-11-14-18-16(15-17)12-9-6-7-10-13-16/h2-15H2,1H3. The molecule has 0 unspecified atom stereocenters. The van der Waals surface area contributed by atoms with Gasteiger partial charge in [0.2, 0.25) is 0 Å². The van der Waals surface area contributed by atoms with Crippen molar-refractivity contribution in [2.45, 2.75) is 89.6 Å². The molecule has 0 radical (unpaired) electrons. The minimum Gasteiger partial charge on any atom is -0.374 e. The first kappa shape index (κ1) is 16.5. The van der Waals surface area contributed by atoms with Gasteiger partial charge in [-0.05, 0) is 19.3 Å². The summed E-state index contributed by atoms with van der Waals surface area (Å²) in [6, 6.07) is 0. The number of rotatable bonds is 9. The van der Waals surface area contributed by atoms with Crippen LogP contribution in [0.2, 0.25) is 0 Å². The van der Waals surface area contributed by atoms with E-state index < -0.39 is 0 Å². The fraction of sp³-hybridized carbons (Fsp3) is 1.00. The summed E-state index contributed by atoms with van der Waals surface area (Å²) in [5, 5.41) is 1.02. The Morgan fingerprint density at radius 1 is 0.889 bits per heavy atom. The number of hydrogen-bond acceptors (Lipinski definition) is 1. The van der Waals surface area contributed by atoms with Crippen LogP contribution in [0.15, 0.2) is 0 Å². The van der Waals surface area contributed by atoms with Crippen molar-refractivity contribution < 1.29 is 4.74 Å². The highest BCUT2D eigenvalue weighted by Gasteiger charge is 2.30. The van der Waals surface area contributed by atoms with Crippen molar-refractivity contribution in [1.29, 1.82) is 0 Å². The Labute approximate surface area is 122 Å². The van der Waals surface area contributed by atoms with Crippen LogP contribution in [-0.4, -0.2) is 17.5 Å². The van der Waals surface area contributed by atoms with Crippen LogP contribution in [0, 0.1) is 0 Å². The van der Waals surface area contributed by atoms with Crippen LogP contribution in [0.1, 0.15) is 84.0 Å². The van der Waals surface area contributed by atoms with E-state index in [1.807, 2.05) is 0 Å². The second-order valence-corrected chi connectivity index (χ2v) is 6.41. The van der Waals surface area contributed by atoms with Gasteiger partial charge in [0.15, 0.2) is 0 Å². The third-order valence-corrected chi connectivity index (χ3v) is 5.19. The molecule has 1 saturated carbocycles. The van der Waals surface area contributed by atoms with Crippen molar-refractivity contribution in [3.05, 3.63) is 0 Å². The van der Waals surface area contributed by atoms with E-state index >= 15 is 0 Å². The fourth-order valence-corrected chi connectivity index (χ4v) is 3.58. The third kappa shape index (κ3) is 6.56. The average molecular weight is 319 g/mol. The van der Waals surface area contributed by atoms with E-state index in [0.29, 0.717) is 0 Å². The highest BCUT2D eigenvalue weighted by molar-refractivity contribution is 9.09. The molecule has 1 rings (SSSR count). The third-order valence-electron chi connectivity index (χ3n) is 4.16. The lowest BCUT2D eigenvalue weighted by Crippen LogP contribution is -2.34. The van der Waals surface area contributed by atoms with Crippen LogP contribution in [-0.2, 0) is 4.74 Å². The quantitative estimate of drug-likeness (QED) is 0.294. The van der Waals surface area contributed by atoms with Gasteiger partial charge >= 0.3 is 0 Å². The molecule has 18 heavy (non-hydrogen) atoms. The minimum atomic E-state index is 0.167. The van der Waals surface area contributed by atoms with Crippen LogP contribution < -0.4 is 0 Å². The first-order valence-corrected chi connectivity index (χ1v) is 9.15. The summed E-state index contributed by atoms with van der Waals surface area (Å²) in [6.07, 6.45) is 16.1. The van der Waals surface area contributed by atoms with Crippen molar-refractivity contribution in [3.63, 3.8) is 0 Å². The van der Waals surface area contributed by atoms with E-state index in [9.17, 15) is 0 Å². The molecule has 0 saturated heterocycles. The van der Waals surface area contributed by atoms with E-state index in [0.717, 1.165) is 11.9 Å². The summed E-state index contributed by atoms with van der Waals surface area (Å²) in [5.41, 5.74) is 0.167. The lowest BCUT2D eigenvalue weighted by Gasteiger charge is -2.31. The van der Waals surface area contributed by atoms with E-state index in [-0.39, 0.29) is 5.60 Å². The molecule has 0 heterocycles. The van der Waals surface area contributed by atoms with Crippen LogP contribution >= 0.6 is 15.9 Å². The Hall–Kier alpha value is 0.440. The van der Waals surface area contributed by atoms with Gasteiger partial charge in [-0.1, -0.05) is 80.6 Å². The highest BCUT2D eigenvalue weighted by Crippen LogP contribution is 2.32. The molecule has 0 aromatic heterocycles. The molecule has 1 aliphatic carbocycles. The molecule has 0 atom stereocenters. The van der Waals surface area contributed by atoms with Gasteiger partial charge in [-0.15, -0.1) is 0 Å². The second-order valence-electron chi connectivity index (χ2n) is 5.85. The van der Waals surface area contributed by atoms with Crippen molar-refractivity contribution in [3.8, 4) is 0 Å². The van der Waals surface area contributed by atoms with E-state index in [1.165, 1.54) is 77.0 Å². The van der Waals surface area contributed by atoms with Crippen LogP contribution in [0.4, 0.5) is 0 Å². The summed E-state index contributed by atoms with van der Waals surface area (Å²) in [7, 11) is 0. The Morgan fingerprint density at radius 2 is 1.50 bits per heavy atom. The van der Waals surface area contributed by atoms with Crippen LogP contribution in [0.5, 0.6) is 0 Å². The van der Waals surface area contributed by atoms with Gasteiger partial charge in [0, 0.05) is 11.9 Å². The predicted octanol–water partition coefficient (Wildman–Crippen LogP) is 5.85. The monoisotopic (exact) mass is 318 g/mol. The molecule has 0 aliphatic heterocycles. The summed E-state index contributed by atoms with van der Waals surface area (Å²) >= 11 is 3.68.